The van der Waals surface area contributed by atoms with Gasteiger partial charge in [-0.25, -0.2) is 0 Å². The summed E-state index contributed by atoms with van der Waals surface area (Å²) in [4.78, 5) is 13.7. The summed E-state index contributed by atoms with van der Waals surface area (Å²) in [6.07, 6.45) is 0.681. The van der Waals surface area contributed by atoms with E-state index >= 15 is 0 Å². The predicted molar refractivity (Wildman–Crippen MR) is 62.1 cm³/mol. The second kappa shape index (κ2) is 3.89. The lowest BCUT2D eigenvalue weighted by Crippen LogP contribution is -1.85. The first kappa shape index (κ1) is 10.5. The van der Waals surface area contributed by atoms with Gasteiger partial charge in [0.15, 0.2) is 6.29 Å². The maximum Gasteiger partial charge on any atom is 0.152 e. The molecule has 2 aromatic rings. The van der Waals surface area contributed by atoms with E-state index < -0.39 is 0 Å². The van der Waals surface area contributed by atoms with Gasteiger partial charge in [-0.2, -0.15) is 0 Å². The van der Waals surface area contributed by atoms with E-state index in [9.17, 15) is 4.79 Å². The Hall–Kier alpha value is -1.97. The van der Waals surface area contributed by atoms with E-state index in [4.69, 9.17) is 17.1 Å². The van der Waals surface area contributed by atoms with E-state index in [1.807, 2.05) is 0 Å². The van der Waals surface area contributed by atoms with Crippen molar-refractivity contribution < 1.29 is 4.79 Å². The molecule has 0 N–H and O–H groups in total. The highest BCUT2D eigenvalue weighted by atomic mass is 35.5. The number of rotatable bonds is 2. The molecule has 0 amide bonds. The molecule has 0 fully saturated rings. The summed E-state index contributed by atoms with van der Waals surface area (Å²) in [5.41, 5.74) is 9.59. The van der Waals surface area contributed by atoms with Crippen LogP contribution in [0.1, 0.15) is 10.4 Å². The first-order valence-electron chi connectivity index (χ1n) is 4.47. The van der Waals surface area contributed by atoms with Gasteiger partial charge < -0.3 is 4.57 Å². The van der Waals surface area contributed by atoms with E-state index in [1.54, 1.807) is 29.8 Å². The SMILES string of the molecule is Cn1c(N=[N+]=[N-])c(C=O)c2ccc(Cl)cc21. The molecule has 0 saturated carbocycles. The number of carbonyl (C=O) groups is 1. The molecule has 0 saturated heterocycles. The first-order chi connectivity index (χ1) is 7.69. The van der Waals surface area contributed by atoms with Crippen LogP contribution in [0.25, 0.3) is 21.3 Å². The van der Waals surface area contributed by atoms with Crippen molar-refractivity contribution in [2.24, 2.45) is 12.2 Å². The van der Waals surface area contributed by atoms with Gasteiger partial charge in [0.1, 0.15) is 5.82 Å². The van der Waals surface area contributed by atoms with Gasteiger partial charge in [0.2, 0.25) is 0 Å². The lowest BCUT2D eigenvalue weighted by Gasteiger charge is -1.97. The molecule has 0 aliphatic rings. The van der Waals surface area contributed by atoms with Crippen LogP contribution in [0.2, 0.25) is 5.02 Å². The van der Waals surface area contributed by atoms with Crippen molar-refractivity contribution in [1.82, 2.24) is 4.57 Å². The summed E-state index contributed by atoms with van der Waals surface area (Å²) >= 11 is 5.87. The first-order valence-corrected chi connectivity index (χ1v) is 4.85. The molecular formula is C10H7ClN4O. The Morgan fingerprint density at radius 3 is 2.94 bits per heavy atom. The van der Waals surface area contributed by atoms with Crippen molar-refractivity contribution >= 4 is 34.6 Å². The van der Waals surface area contributed by atoms with Crippen LogP contribution in [-0.2, 0) is 7.05 Å². The molecule has 5 nitrogen and oxygen atoms in total. The minimum Gasteiger partial charge on any atom is -0.342 e. The van der Waals surface area contributed by atoms with E-state index in [2.05, 4.69) is 10.0 Å². The minimum absolute atomic E-state index is 0.301. The second-order valence-electron chi connectivity index (χ2n) is 3.27. The summed E-state index contributed by atoms with van der Waals surface area (Å²) in [7, 11) is 1.72. The molecule has 2 rings (SSSR count). The zero-order valence-corrected chi connectivity index (χ0v) is 9.14. The van der Waals surface area contributed by atoms with Gasteiger partial charge in [0.05, 0.1) is 5.52 Å². The number of aromatic nitrogens is 1. The van der Waals surface area contributed by atoms with Crippen molar-refractivity contribution in [3.8, 4) is 0 Å². The molecule has 0 atom stereocenters. The Labute approximate surface area is 95.9 Å². The van der Waals surface area contributed by atoms with Gasteiger partial charge in [0.25, 0.3) is 0 Å². The largest absolute Gasteiger partial charge is 0.342 e. The fraction of sp³-hybridized carbons (Fsp3) is 0.100. The molecule has 0 bridgehead atoms. The van der Waals surface area contributed by atoms with Gasteiger partial charge in [-0.15, -0.1) is 0 Å². The quantitative estimate of drug-likeness (QED) is 0.339. The predicted octanol–water partition coefficient (Wildman–Crippen LogP) is 3.59. The zero-order valence-electron chi connectivity index (χ0n) is 8.38. The normalized spacial score (nSPS) is 10.1. The molecule has 1 aromatic carbocycles. The van der Waals surface area contributed by atoms with Crippen LogP contribution in [0.15, 0.2) is 23.3 Å². The van der Waals surface area contributed by atoms with E-state index in [-0.39, 0.29) is 0 Å². The molecular weight excluding hydrogens is 228 g/mol. The summed E-state index contributed by atoms with van der Waals surface area (Å²) < 4.78 is 1.64. The van der Waals surface area contributed by atoms with Gasteiger partial charge in [-0.3, -0.25) is 4.79 Å². The lowest BCUT2D eigenvalue weighted by molar-refractivity contribution is 0.112. The monoisotopic (exact) mass is 234 g/mol. The smallest absolute Gasteiger partial charge is 0.152 e. The third kappa shape index (κ3) is 1.43. The Morgan fingerprint density at radius 1 is 1.56 bits per heavy atom. The van der Waals surface area contributed by atoms with Gasteiger partial charge in [-0.05, 0) is 22.8 Å². The third-order valence-electron chi connectivity index (χ3n) is 2.43. The number of nitrogens with zero attached hydrogens (tertiary/aromatic N) is 4. The van der Waals surface area contributed by atoms with E-state index in [0.29, 0.717) is 22.7 Å². The fourth-order valence-corrected chi connectivity index (χ4v) is 1.87. The van der Waals surface area contributed by atoms with Crippen molar-refractivity contribution in [3.05, 3.63) is 39.2 Å². The van der Waals surface area contributed by atoms with Crippen LogP contribution in [-0.4, -0.2) is 10.9 Å². The number of hydrogen-bond donors (Lipinski definition) is 0. The minimum atomic E-state index is 0.301. The molecule has 6 heteroatoms. The van der Waals surface area contributed by atoms with E-state index in [1.165, 1.54) is 0 Å². The Morgan fingerprint density at radius 2 is 2.31 bits per heavy atom. The number of azide groups is 1. The standard InChI is InChI=1S/C10H7ClN4O/c1-15-9-4-6(11)2-3-7(9)8(5-16)10(15)13-14-12/h2-5H,1H3. The Balaban J connectivity index is 2.95. The lowest BCUT2D eigenvalue weighted by atomic mass is 10.2. The number of aldehydes is 1. The van der Waals surface area contributed by atoms with E-state index in [0.717, 1.165) is 10.9 Å². The fourth-order valence-electron chi connectivity index (χ4n) is 1.70. The van der Waals surface area contributed by atoms with Crippen LogP contribution < -0.4 is 0 Å². The van der Waals surface area contributed by atoms with Gasteiger partial charge >= 0.3 is 0 Å². The Kier molecular flexibility index (Phi) is 2.56. The number of carbonyl (C=O) groups excluding carboxylic acids is 1. The second-order valence-corrected chi connectivity index (χ2v) is 3.70. The van der Waals surface area contributed by atoms with Crippen molar-refractivity contribution in [2.75, 3.05) is 0 Å². The van der Waals surface area contributed by atoms with Crippen LogP contribution >= 0.6 is 11.6 Å². The molecule has 0 aliphatic heterocycles. The van der Waals surface area contributed by atoms with Crippen molar-refractivity contribution in [1.29, 1.82) is 0 Å². The highest BCUT2D eigenvalue weighted by Crippen LogP contribution is 2.31. The zero-order chi connectivity index (χ0) is 11.7. The Bertz CT molecular complexity index is 625. The van der Waals surface area contributed by atoms with Gasteiger partial charge in [-0.1, -0.05) is 17.7 Å². The number of fused-ring (bicyclic) bond motifs is 1. The number of benzene rings is 1. The molecule has 80 valence electrons. The van der Waals surface area contributed by atoms with Crippen LogP contribution in [0, 0.1) is 0 Å². The van der Waals surface area contributed by atoms with Crippen molar-refractivity contribution in [3.63, 3.8) is 0 Å². The summed E-state index contributed by atoms with van der Waals surface area (Å²) in [6, 6.07) is 5.15. The highest BCUT2D eigenvalue weighted by Gasteiger charge is 2.13. The number of aryl methyl sites for hydroxylation is 1. The van der Waals surface area contributed by atoms with Gasteiger partial charge in [0, 0.05) is 27.9 Å². The average Bonchev–Trinajstić information content (AvgIpc) is 2.53. The molecule has 1 heterocycles. The summed E-state index contributed by atoms with van der Waals surface area (Å²) in [6.45, 7) is 0. The summed E-state index contributed by atoms with van der Waals surface area (Å²) in [5, 5.41) is 4.81. The van der Waals surface area contributed by atoms with Crippen molar-refractivity contribution in [2.45, 2.75) is 0 Å². The maximum absolute atomic E-state index is 11.0. The maximum atomic E-state index is 11.0. The molecule has 16 heavy (non-hydrogen) atoms. The molecule has 0 spiro atoms. The van der Waals surface area contributed by atoms with Crippen LogP contribution in [0.4, 0.5) is 5.82 Å². The number of halogens is 1. The van der Waals surface area contributed by atoms with Crippen LogP contribution in [0.5, 0.6) is 0 Å². The molecule has 0 radical (unpaired) electrons. The highest BCUT2D eigenvalue weighted by molar-refractivity contribution is 6.31. The molecule has 1 aromatic heterocycles. The third-order valence-corrected chi connectivity index (χ3v) is 2.66. The number of hydrogen-bond acceptors (Lipinski definition) is 2. The summed E-state index contributed by atoms with van der Waals surface area (Å²) in [5.74, 6) is 0.301. The molecule has 0 unspecified atom stereocenters. The average molecular weight is 235 g/mol. The topological polar surface area (TPSA) is 70.8 Å². The molecule has 0 aliphatic carbocycles. The van der Waals surface area contributed by atoms with Crippen LogP contribution in [0.3, 0.4) is 0 Å².